The molecule has 1 N–H and O–H groups in total. The van der Waals surface area contributed by atoms with Crippen molar-refractivity contribution in [2.75, 3.05) is 26.2 Å². The fourth-order valence-electron chi connectivity index (χ4n) is 3.83. The number of hydrogen-bond acceptors (Lipinski definition) is 2. The third-order valence-electron chi connectivity index (χ3n) is 5.30. The van der Waals surface area contributed by atoms with Gasteiger partial charge < -0.3 is 14.2 Å². The lowest BCUT2D eigenvalue weighted by Crippen LogP contribution is -3.13. The van der Waals surface area contributed by atoms with E-state index >= 15 is 0 Å². The van der Waals surface area contributed by atoms with E-state index in [-0.39, 0.29) is 11.8 Å². The maximum absolute atomic E-state index is 13.4. The highest BCUT2D eigenvalue weighted by Crippen LogP contribution is 2.26. The third-order valence-corrected chi connectivity index (χ3v) is 5.30. The van der Waals surface area contributed by atoms with Crippen molar-refractivity contribution in [3.63, 3.8) is 0 Å². The first-order valence-electron chi connectivity index (χ1n) is 9.56. The summed E-state index contributed by atoms with van der Waals surface area (Å²) in [6, 6.07) is 24.1. The molecule has 1 aliphatic rings. The zero-order valence-electron chi connectivity index (χ0n) is 15.4. The molecular formula is C23H25N2O2+. The molecule has 1 saturated heterocycles. The van der Waals surface area contributed by atoms with Crippen LogP contribution in [0.1, 0.15) is 22.8 Å². The molecule has 0 aliphatic carbocycles. The number of carbonyl (C=O) groups is 1. The summed E-state index contributed by atoms with van der Waals surface area (Å²) in [5.41, 5.74) is 2.11. The van der Waals surface area contributed by atoms with Crippen molar-refractivity contribution in [3.8, 4) is 0 Å². The van der Waals surface area contributed by atoms with Crippen LogP contribution in [0.5, 0.6) is 0 Å². The molecule has 27 heavy (non-hydrogen) atoms. The second kappa shape index (κ2) is 8.23. The standard InChI is InChI=1S/C23H24N2O2/c26-23(25-15-13-24(14-16-25)18-21-12-7-17-27-21)22(19-8-3-1-4-9-19)20-10-5-2-6-11-20/h1-12,17,22H,13-16,18H2/p+1. The van der Waals surface area contributed by atoms with Gasteiger partial charge in [0.25, 0.3) is 0 Å². The predicted molar refractivity (Wildman–Crippen MR) is 104 cm³/mol. The van der Waals surface area contributed by atoms with Gasteiger partial charge in [0.1, 0.15) is 6.54 Å². The lowest BCUT2D eigenvalue weighted by atomic mass is 9.90. The number of nitrogens with one attached hydrogen (secondary N) is 1. The minimum Gasteiger partial charge on any atom is -0.463 e. The lowest BCUT2D eigenvalue weighted by Gasteiger charge is -2.34. The first kappa shape index (κ1) is 17.6. The van der Waals surface area contributed by atoms with Crippen LogP contribution in [0.2, 0.25) is 0 Å². The van der Waals surface area contributed by atoms with E-state index in [1.54, 1.807) is 6.26 Å². The van der Waals surface area contributed by atoms with Crippen molar-refractivity contribution >= 4 is 5.91 Å². The van der Waals surface area contributed by atoms with Gasteiger partial charge in [-0.3, -0.25) is 4.79 Å². The number of piperazine rings is 1. The molecule has 0 unspecified atom stereocenters. The SMILES string of the molecule is O=C(C(c1ccccc1)c1ccccc1)N1CC[NH+](Cc2ccco2)CC1. The second-order valence-electron chi connectivity index (χ2n) is 7.09. The predicted octanol–water partition coefficient (Wildman–Crippen LogP) is 2.34. The van der Waals surface area contributed by atoms with Gasteiger partial charge in [0.15, 0.2) is 5.76 Å². The molecule has 1 aliphatic heterocycles. The van der Waals surface area contributed by atoms with Crippen LogP contribution in [0.3, 0.4) is 0 Å². The van der Waals surface area contributed by atoms with Crippen LogP contribution in [0.4, 0.5) is 0 Å². The number of hydrogen-bond donors (Lipinski definition) is 1. The first-order valence-corrected chi connectivity index (χ1v) is 9.56. The summed E-state index contributed by atoms with van der Waals surface area (Å²) in [4.78, 5) is 16.9. The Labute approximate surface area is 160 Å². The number of benzene rings is 2. The molecular weight excluding hydrogens is 336 g/mol. The fourth-order valence-corrected chi connectivity index (χ4v) is 3.83. The van der Waals surface area contributed by atoms with E-state index in [1.807, 2.05) is 77.7 Å². The van der Waals surface area contributed by atoms with Gasteiger partial charge in [-0.05, 0) is 23.3 Å². The Balaban J connectivity index is 1.48. The summed E-state index contributed by atoms with van der Waals surface area (Å²) in [7, 11) is 0. The zero-order chi connectivity index (χ0) is 18.5. The van der Waals surface area contributed by atoms with Gasteiger partial charge in [0.05, 0.1) is 38.4 Å². The van der Waals surface area contributed by atoms with Crippen molar-refractivity contribution in [2.24, 2.45) is 0 Å². The highest BCUT2D eigenvalue weighted by atomic mass is 16.3. The lowest BCUT2D eigenvalue weighted by molar-refractivity contribution is -0.918. The molecule has 0 bridgehead atoms. The van der Waals surface area contributed by atoms with Crippen LogP contribution >= 0.6 is 0 Å². The monoisotopic (exact) mass is 361 g/mol. The van der Waals surface area contributed by atoms with Gasteiger partial charge in [-0.2, -0.15) is 0 Å². The number of carbonyl (C=O) groups excluding carboxylic acids is 1. The van der Waals surface area contributed by atoms with E-state index in [1.165, 1.54) is 4.90 Å². The van der Waals surface area contributed by atoms with Crippen LogP contribution in [0, 0.1) is 0 Å². The third kappa shape index (κ3) is 4.12. The largest absolute Gasteiger partial charge is 0.463 e. The number of amides is 1. The van der Waals surface area contributed by atoms with Gasteiger partial charge >= 0.3 is 0 Å². The van der Waals surface area contributed by atoms with Crippen molar-refractivity contribution in [1.29, 1.82) is 0 Å². The van der Waals surface area contributed by atoms with Crippen LogP contribution in [-0.4, -0.2) is 37.0 Å². The summed E-state index contributed by atoms with van der Waals surface area (Å²) in [5.74, 6) is 0.972. The van der Waals surface area contributed by atoms with E-state index in [0.29, 0.717) is 0 Å². The van der Waals surface area contributed by atoms with Crippen LogP contribution in [0.25, 0.3) is 0 Å². The molecule has 1 fully saturated rings. The van der Waals surface area contributed by atoms with Crippen molar-refractivity contribution < 1.29 is 14.1 Å². The van der Waals surface area contributed by atoms with Gasteiger partial charge in [-0.25, -0.2) is 0 Å². The number of rotatable bonds is 5. The van der Waals surface area contributed by atoms with Crippen LogP contribution in [-0.2, 0) is 11.3 Å². The summed E-state index contributed by atoms with van der Waals surface area (Å²) < 4.78 is 5.46. The van der Waals surface area contributed by atoms with Crippen molar-refractivity contribution in [1.82, 2.24) is 4.90 Å². The summed E-state index contributed by atoms with van der Waals surface area (Å²) in [5, 5.41) is 0. The molecule has 4 rings (SSSR count). The van der Waals surface area contributed by atoms with E-state index in [0.717, 1.165) is 49.6 Å². The minimum absolute atomic E-state index is 0.199. The molecule has 2 aromatic carbocycles. The number of nitrogens with zero attached hydrogens (tertiary/aromatic N) is 1. The maximum atomic E-state index is 13.4. The maximum Gasteiger partial charge on any atom is 0.234 e. The summed E-state index contributed by atoms with van der Waals surface area (Å²) >= 11 is 0. The normalized spacial score (nSPS) is 15.2. The molecule has 138 valence electrons. The Morgan fingerprint density at radius 3 is 2.00 bits per heavy atom. The first-order chi connectivity index (χ1) is 13.3. The molecule has 2 heterocycles. The Hall–Kier alpha value is -2.85. The quantitative estimate of drug-likeness (QED) is 0.758. The van der Waals surface area contributed by atoms with E-state index < -0.39 is 0 Å². The molecule has 1 amide bonds. The van der Waals surface area contributed by atoms with Crippen molar-refractivity contribution in [2.45, 2.75) is 12.5 Å². The average molecular weight is 361 g/mol. The van der Waals surface area contributed by atoms with Gasteiger partial charge in [0.2, 0.25) is 5.91 Å². The smallest absolute Gasteiger partial charge is 0.234 e. The molecule has 0 spiro atoms. The molecule has 4 nitrogen and oxygen atoms in total. The molecule has 4 heteroatoms. The van der Waals surface area contributed by atoms with Crippen LogP contribution in [0.15, 0.2) is 83.5 Å². The average Bonchev–Trinajstić information content (AvgIpc) is 3.23. The Kier molecular flexibility index (Phi) is 5.35. The number of furan rings is 1. The zero-order valence-corrected chi connectivity index (χ0v) is 15.4. The highest BCUT2D eigenvalue weighted by Gasteiger charge is 2.31. The van der Waals surface area contributed by atoms with Gasteiger partial charge in [0, 0.05) is 0 Å². The van der Waals surface area contributed by atoms with E-state index in [9.17, 15) is 4.79 Å². The molecule has 3 aromatic rings. The van der Waals surface area contributed by atoms with E-state index in [4.69, 9.17) is 4.42 Å². The summed E-state index contributed by atoms with van der Waals surface area (Å²) in [6.45, 7) is 4.34. The Morgan fingerprint density at radius 1 is 0.889 bits per heavy atom. The Bertz CT molecular complexity index is 799. The topological polar surface area (TPSA) is 37.9 Å². The molecule has 1 aromatic heterocycles. The minimum atomic E-state index is -0.237. The van der Waals surface area contributed by atoms with Crippen LogP contribution < -0.4 is 4.90 Å². The Morgan fingerprint density at radius 2 is 1.48 bits per heavy atom. The number of quaternary nitrogens is 1. The second-order valence-corrected chi connectivity index (χ2v) is 7.09. The highest BCUT2D eigenvalue weighted by molar-refractivity contribution is 5.87. The van der Waals surface area contributed by atoms with Gasteiger partial charge in [-0.1, -0.05) is 60.7 Å². The van der Waals surface area contributed by atoms with Crippen molar-refractivity contribution in [3.05, 3.63) is 95.9 Å². The summed E-state index contributed by atoms with van der Waals surface area (Å²) in [6.07, 6.45) is 1.72. The molecule has 0 saturated carbocycles. The van der Waals surface area contributed by atoms with E-state index in [2.05, 4.69) is 0 Å². The molecule has 0 radical (unpaired) electrons. The molecule has 0 atom stereocenters. The van der Waals surface area contributed by atoms with Gasteiger partial charge in [-0.15, -0.1) is 0 Å². The fraction of sp³-hybridized carbons (Fsp3) is 0.261.